The number of rotatable bonds is 2. The number of benzene rings is 1. The highest BCUT2D eigenvalue weighted by Crippen LogP contribution is 2.25. The van der Waals surface area contributed by atoms with Crippen LogP contribution in [0, 0.1) is 5.92 Å². The Bertz CT molecular complexity index is 466. The average molecular weight is 259 g/mol. The zero-order valence-electron chi connectivity index (χ0n) is 11.2. The summed E-state index contributed by atoms with van der Waals surface area (Å²) >= 11 is 0. The number of carbonyl (C=O) groups is 1. The van der Waals surface area contributed by atoms with Gasteiger partial charge in [0.05, 0.1) is 5.92 Å². The first-order valence-electron chi connectivity index (χ1n) is 7.21. The minimum absolute atomic E-state index is 0.114. The molecule has 0 bridgehead atoms. The van der Waals surface area contributed by atoms with Crippen LogP contribution in [0.25, 0.3) is 0 Å². The van der Waals surface area contributed by atoms with Crippen molar-refractivity contribution in [2.24, 2.45) is 5.92 Å². The van der Waals surface area contributed by atoms with Crippen molar-refractivity contribution in [2.75, 3.05) is 30.3 Å². The Morgan fingerprint density at radius 1 is 1.26 bits per heavy atom. The largest absolute Gasteiger partial charge is 0.385 e. The summed E-state index contributed by atoms with van der Waals surface area (Å²) in [6.07, 6.45) is 4.34. The van der Waals surface area contributed by atoms with E-state index in [4.69, 9.17) is 0 Å². The third-order valence-electron chi connectivity index (χ3n) is 3.98. The summed E-state index contributed by atoms with van der Waals surface area (Å²) in [5.41, 5.74) is 3.45. The quantitative estimate of drug-likeness (QED) is 0.761. The number of nitrogens with one attached hydrogen (secondary N) is 3. The number of hydrogen-bond acceptors (Lipinski definition) is 3. The number of amides is 1. The van der Waals surface area contributed by atoms with E-state index in [1.54, 1.807) is 0 Å². The normalized spacial score (nSPS) is 22.2. The third-order valence-corrected chi connectivity index (χ3v) is 3.98. The number of carbonyl (C=O) groups excluding carboxylic acids is 1. The third kappa shape index (κ3) is 2.89. The standard InChI is InChI=1S/C15H21N3O/c19-15(12-4-1-7-16-10-12)18-13-5-6-14-11(9-13)3-2-8-17-14/h5-6,9,12,16-17H,1-4,7-8,10H2,(H,18,19). The van der Waals surface area contributed by atoms with Crippen LogP contribution < -0.4 is 16.0 Å². The zero-order valence-corrected chi connectivity index (χ0v) is 11.2. The monoisotopic (exact) mass is 259 g/mol. The van der Waals surface area contributed by atoms with Crippen LogP contribution >= 0.6 is 0 Å². The molecule has 3 rings (SSSR count). The molecule has 2 heterocycles. The lowest BCUT2D eigenvalue weighted by Gasteiger charge is -2.23. The van der Waals surface area contributed by atoms with Crippen LogP contribution in [0.1, 0.15) is 24.8 Å². The maximum Gasteiger partial charge on any atom is 0.228 e. The highest BCUT2D eigenvalue weighted by atomic mass is 16.1. The number of fused-ring (bicyclic) bond motifs is 1. The maximum atomic E-state index is 12.2. The SMILES string of the molecule is O=C(Nc1ccc2c(c1)CCCN2)C1CCCNC1. The first-order chi connectivity index (χ1) is 9.33. The fourth-order valence-electron chi connectivity index (χ4n) is 2.87. The number of piperidine rings is 1. The zero-order chi connectivity index (χ0) is 13.1. The van der Waals surface area contributed by atoms with Gasteiger partial charge in [-0.1, -0.05) is 0 Å². The molecule has 1 saturated heterocycles. The summed E-state index contributed by atoms with van der Waals surface area (Å²) in [5.74, 6) is 0.263. The van der Waals surface area contributed by atoms with Gasteiger partial charge in [0.25, 0.3) is 0 Å². The second-order valence-corrected chi connectivity index (χ2v) is 5.43. The van der Waals surface area contributed by atoms with Crippen molar-refractivity contribution in [3.05, 3.63) is 23.8 Å². The van der Waals surface area contributed by atoms with E-state index in [0.717, 1.165) is 51.0 Å². The minimum atomic E-state index is 0.114. The van der Waals surface area contributed by atoms with E-state index in [1.807, 2.05) is 6.07 Å². The highest BCUT2D eigenvalue weighted by molar-refractivity contribution is 5.93. The molecule has 2 aliphatic heterocycles. The van der Waals surface area contributed by atoms with Gasteiger partial charge >= 0.3 is 0 Å². The smallest absolute Gasteiger partial charge is 0.228 e. The van der Waals surface area contributed by atoms with E-state index in [1.165, 1.54) is 11.3 Å². The molecule has 1 aromatic rings. The van der Waals surface area contributed by atoms with E-state index in [0.29, 0.717) is 0 Å². The first-order valence-corrected chi connectivity index (χ1v) is 7.21. The van der Waals surface area contributed by atoms with Crippen LogP contribution in [-0.4, -0.2) is 25.5 Å². The van der Waals surface area contributed by atoms with Gasteiger partial charge in [-0.2, -0.15) is 0 Å². The van der Waals surface area contributed by atoms with Crippen molar-refractivity contribution in [1.82, 2.24) is 5.32 Å². The van der Waals surface area contributed by atoms with E-state index in [-0.39, 0.29) is 11.8 Å². The van der Waals surface area contributed by atoms with E-state index in [9.17, 15) is 4.79 Å². The molecule has 4 nitrogen and oxygen atoms in total. The van der Waals surface area contributed by atoms with Crippen molar-refractivity contribution < 1.29 is 4.79 Å². The number of aryl methyl sites for hydroxylation is 1. The molecule has 19 heavy (non-hydrogen) atoms. The molecule has 0 spiro atoms. The molecule has 2 aliphatic rings. The molecule has 0 aliphatic carbocycles. The molecule has 1 fully saturated rings. The van der Waals surface area contributed by atoms with Crippen molar-refractivity contribution in [1.29, 1.82) is 0 Å². The lowest BCUT2D eigenvalue weighted by Crippen LogP contribution is -2.37. The Labute approximate surface area is 114 Å². The predicted octanol–water partition coefficient (Wildman–Crippen LogP) is 1.98. The first kappa shape index (κ1) is 12.5. The van der Waals surface area contributed by atoms with Crippen LogP contribution in [-0.2, 0) is 11.2 Å². The van der Waals surface area contributed by atoms with E-state index >= 15 is 0 Å². The van der Waals surface area contributed by atoms with Gasteiger partial charge in [-0.25, -0.2) is 0 Å². The molecular weight excluding hydrogens is 238 g/mol. The van der Waals surface area contributed by atoms with Crippen molar-refractivity contribution >= 4 is 17.3 Å². The molecule has 1 unspecified atom stereocenters. The van der Waals surface area contributed by atoms with Gasteiger partial charge in [0.1, 0.15) is 0 Å². The second-order valence-electron chi connectivity index (χ2n) is 5.43. The summed E-state index contributed by atoms with van der Waals surface area (Å²) in [4.78, 5) is 12.2. The molecule has 1 amide bonds. The molecule has 4 heteroatoms. The molecule has 102 valence electrons. The predicted molar refractivity (Wildman–Crippen MR) is 77.5 cm³/mol. The van der Waals surface area contributed by atoms with Crippen LogP contribution in [0.3, 0.4) is 0 Å². The molecule has 0 radical (unpaired) electrons. The van der Waals surface area contributed by atoms with Crippen molar-refractivity contribution in [2.45, 2.75) is 25.7 Å². The lowest BCUT2D eigenvalue weighted by molar-refractivity contribution is -0.120. The Morgan fingerprint density at radius 2 is 2.21 bits per heavy atom. The van der Waals surface area contributed by atoms with Crippen LogP contribution in [0.2, 0.25) is 0 Å². The molecule has 0 aromatic heterocycles. The molecule has 3 N–H and O–H groups in total. The Balaban J connectivity index is 1.67. The van der Waals surface area contributed by atoms with Gasteiger partial charge in [0, 0.05) is 24.5 Å². The molecule has 0 saturated carbocycles. The van der Waals surface area contributed by atoms with Crippen LogP contribution in [0.4, 0.5) is 11.4 Å². The topological polar surface area (TPSA) is 53.2 Å². The van der Waals surface area contributed by atoms with Crippen molar-refractivity contribution in [3.8, 4) is 0 Å². The van der Waals surface area contributed by atoms with Gasteiger partial charge in [-0.3, -0.25) is 4.79 Å². The van der Waals surface area contributed by atoms with Crippen LogP contribution in [0.5, 0.6) is 0 Å². The summed E-state index contributed by atoms with van der Waals surface area (Å²) in [6.45, 7) is 2.89. The fraction of sp³-hybridized carbons (Fsp3) is 0.533. The molecular formula is C15H21N3O. The maximum absolute atomic E-state index is 12.2. The summed E-state index contributed by atoms with van der Waals surface area (Å²) < 4.78 is 0. The molecule has 1 aromatic carbocycles. The van der Waals surface area contributed by atoms with Gasteiger partial charge in [-0.05, 0) is 56.0 Å². The summed E-state index contributed by atoms with van der Waals surface area (Å²) in [7, 11) is 0. The Hall–Kier alpha value is -1.55. The molecule has 1 atom stereocenters. The average Bonchev–Trinajstić information content (AvgIpc) is 2.48. The van der Waals surface area contributed by atoms with Gasteiger partial charge < -0.3 is 16.0 Å². The lowest BCUT2D eigenvalue weighted by atomic mass is 9.98. The van der Waals surface area contributed by atoms with Crippen LogP contribution in [0.15, 0.2) is 18.2 Å². The van der Waals surface area contributed by atoms with Crippen molar-refractivity contribution in [3.63, 3.8) is 0 Å². The Kier molecular flexibility index (Phi) is 3.69. The summed E-state index contributed by atoms with van der Waals surface area (Å²) in [6, 6.07) is 6.17. The van der Waals surface area contributed by atoms with Gasteiger partial charge in [-0.15, -0.1) is 0 Å². The second kappa shape index (κ2) is 5.61. The highest BCUT2D eigenvalue weighted by Gasteiger charge is 2.21. The van der Waals surface area contributed by atoms with Gasteiger partial charge in [0.15, 0.2) is 0 Å². The summed E-state index contributed by atoms with van der Waals surface area (Å²) in [5, 5.41) is 9.72. The van der Waals surface area contributed by atoms with Gasteiger partial charge in [0.2, 0.25) is 5.91 Å². The van der Waals surface area contributed by atoms with E-state index < -0.39 is 0 Å². The number of anilines is 2. The Morgan fingerprint density at radius 3 is 3.05 bits per heavy atom. The fourth-order valence-corrected chi connectivity index (χ4v) is 2.87. The number of hydrogen-bond donors (Lipinski definition) is 3. The van der Waals surface area contributed by atoms with E-state index in [2.05, 4.69) is 28.1 Å². The minimum Gasteiger partial charge on any atom is -0.385 e.